The highest BCUT2D eigenvalue weighted by Gasteiger charge is 2.18. The van der Waals surface area contributed by atoms with Crippen molar-refractivity contribution >= 4 is 0 Å². The van der Waals surface area contributed by atoms with Gasteiger partial charge in [0.2, 0.25) is 5.82 Å². The number of unbranched alkanes of at least 4 members (excludes halogenated alkanes) is 2. The van der Waals surface area contributed by atoms with Crippen molar-refractivity contribution in [1.29, 1.82) is 0 Å². The molecule has 1 atom stereocenters. The van der Waals surface area contributed by atoms with Crippen LogP contribution in [0.3, 0.4) is 0 Å². The lowest BCUT2D eigenvalue weighted by molar-refractivity contribution is 0.146. The number of benzene rings is 1. The van der Waals surface area contributed by atoms with Gasteiger partial charge in [0.25, 0.3) is 0 Å². The molecule has 1 saturated heterocycles. The molecular weight excluding hydrogens is 314 g/mol. The highest BCUT2D eigenvalue weighted by Crippen LogP contribution is 2.19. The number of likely N-dealkylation sites (tertiary alicyclic amines) is 1. The zero-order valence-corrected chi connectivity index (χ0v) is 14.9. The van der Waals surface area contributed by atoms with E-state index < -0.39 is 0 Å². The largest absolute Gasteiger partial charge is 0.396 e. The molecule has 1 aliphatic heterocycles. The van der Waals surface area contributed by atoms with Gasteiger partial charge in [-0.1, -0.05) is 36.8 Å². The molecule has 1 aromatic heterocycles. The smallest absolute Gasteiger partial charge is 0.204 e. The van der Waals surface area contributed by atoms with E-state index in [0.29, 0.717) is 18.3 Å². The summed E-state index contributed by atoms with van der Waals surface area (Å²) < 4.78 is 0. The standard InChI is InChI=1S/C19H29N5O/c25-15-11-17-8-7-13-23(16-17)12-5-2-6-14-24-21-19(20-22-24)18-9-3-1-4-10-18/h1,3-4,9-10,17,25H,2,5-8,11-16H2. The van der Waals surface area contributed by atoms with Crippen LogP contribution in [0.5, 0.6) is 0 Å². The monoisotopic (exact) mass is 343 g/mol. The average Bonchev–Trinajstić information content (AvgIpc) is 3.12. The summed E-state index contributed by atoms with van der Waals surface area (Å²) >= 11 is 0. The molecule has 1 unspecified atom stereocenters. The molecule has 0 spiro atoms. The predicted molar refractivity (Wildman–Crippen MR) is 98.0 cm³/mol. The first kappa shape index (κ1) is 18.0. The van der Waals surface area contributed by atoms with Gasteiger partial charge in [0.05, 0.1) is 6.54 Å². The minimum absolute atomic E-state index is 0.328. The number of aliphatic hydroxyl groups excluding tert-OH is 1. The van der Waals surface area contributed by atoms with Crippen molar-refractivity contribution in [2.75, 3.05) is 26.2 Å². The van der Waals surface area contributed by atoms with Crippen LogP contribution in [-0.2, 0) is 6.54 Å². The van der Waals surface area contributed by atoms with Crippen molar-refractivity contribution < 1.29 is 5.11 Å². The van der Waals surface area contributed by atoms with Crippen LogP contribution in [0.15, 0.2) is 30.3 Å². The minimum atomic E-state index is 0.328. The molecule has 0 saturated carbocycles. The van der Waals surface area contributed by atoms with Gasteiger partial charge in [-0.2, -0.15) is 4.80 Å². The molecule has 136 valence electrons. The summed E-state index contributed by atoms with van der Waals surface area (Å²) in [6.45, 7) is 4.70. The van der Waals surface area contributed by atoms with E-state index >= 15 is 0 Å². The Morgan fingerprint density at radius 1 is 1.08 bits per heavy atom. The lowest BCUT2D eigenvalue weighted by atomic mass is 9.95. The highest BCUT2D eigenvalue weighted by atomic mass is 16.3. The van der Waals surface area contributed by atoms with Crippen LogP contribution >= 0.6 is 0 Å². The van der Waals surface area contributed by atoms with Crippen LogP contribution in [0.1, 0.15) is 38.5 Å². The summed E-state index contributed by atoms with van der Waals surface area (Å²) in [6.07, 6.45) is 6.99. The topological polar surface area (TPSA) is 67.1 Å². The molecule has 2 heterocycles. The van der Waals surface area contributed by atoms with E-state index in [4.69, 9.17) is 5.11 Å². The molecule has 2 aromatic rings. The Hall–Kier alpha value is -1.79. The van der Waals surface area contributed by atoms with E-state index in [-0.39, 0.29) is 0 Å². The Bertz CT molecular complexity index is 613. The molecule has 0 bridgehead atoms. The van der Waals surface area contributed by atoms with Crippen molar-refractivity contribution in [3.63, 3.8) is 0 Å². The maximum Gasteiger partial charge on any atom is 0.204 e. The molecule has 0 amide bonds. The van der Waals surface area contributed by atoms with E-state index in [1.807, 2.05) is 30.3 Å². The van der Waals surface area contributed by atoms with E-state index in [9.17, 15) is 0 Å². The quantitative estimate of drug-likeness (QED) is 0.709. The van der Waals surface area contributed by atoms with Gasteiger partial charge in [-0.25, -0.2) is 0 Å². The lowest BCUT2D eigenvalue weighted by Gasteiger charge is -2.32. The molecule has 0 aliphatic carbocycles. The van der Waals surface area contributed by atoms with Gasteiger partial charge in [-0.15, -0.1) is 10.2 Å². The third-order valence-corrected chi connectivity index (χ3v) is 4.96. The molecule has 1 aromatic carbocycles. The van der Waals surface area contributed by atoms with Gasteiger partial charge >= 0.3 is 0 Å². The summed E-state index contributed by atoms with van der Waals surface area (Å²) in [5.74, 6) is 1.39. The fourth-order valence-electron chi connectivity index (χ4n) is 3.58. The Balaban J connectivity index is 1.33. The second-order valence-electron chi connectivity index (χ2n) is 6.96. The number of hydrogen-bond acceptors (Lipinski definition) is 5. The maximum atomic E-state index is 9.10. The zero-order chi connectivity index (χ0) is 17.3. The third-order valence-electron chi connectivity index (χ3n) is 4.96. The molecule has 6 heteroatoms. The maximum absolute atomic E-state index is 9.10. The molecule has 1 fully saturated rings. The number of hydrogen-bond donors (Lipinski definition) is 1. The summed E-state index contributed by atoms with van der Waals surface area (Å²) in [4.78, 5) is 4.27. The van der Waals surface area contributed by atoms with Crippen LogP contribution in [0, 0.1) is 5.92 Å². The van der Waals surface area contributed by atoms with E-state index in [1.54, 1.807) is 4.80 Å². The van der Waals surface area contributed by atoms with E-state index in [2.05, 4.69) is 20.3 Å². The van der Waals surface area contributed by atoms with E-state index in [1.165, 1.54) is 38.8 Å². The molecule has 25 heavy (non-hydrogen) atoms. The lowest BCUT2D eigenvalue weighted by Crippen LogP contribution is -2.36. The second-order valence-corrected chi connectivity index (χ2v) is 6.96. The number of aliphatic hydroxyl groups is 1. The first-order chi connectivity index (χ1) is 12.3. The zero-order valence-electron chi connectivity index (χ0n) is 14.9. The summed E-state index contributed by atoms with van der Waals surface area (Å²) in [5, 5.41) is 21.8. The summed E-state index contributed by atoms with van der Waals surface area (Å²) in [7, 11) is 0. The molecule has 0 radical (unpaired) electrons. The fraction of sp³-hybridized carbons (Fsp3) is 0.632. The van der Waals surface area contributed by atoms with Gasteiger partial charge in [0.15, 0.2) is 0 Å². The summed E-state index contributed by atoms with van der Waals surface area (Å²) in [5.41, 5.74) is 1.01. The minimum Gasteiger partial charge on any atom is -0.396 e. The van der Waals surface area contributed by atoms with Crippen LogP contribution in [0.25, 0.3) is 11.4 Å². The van der Waals surface area contributed by atoms with Gasteiger partial charge in [0.1, 0.15) is 0 Å². The Morgan fingerprint density at radius 2 is 1.92 bits per heavy atom. The Labute approximate surface area is 149 Å². The Kier molecular flexibility index (Phi) is 6.94. The SMILES string of the molecule is OCCC1CCCN(CCCCCn2nnc(-c3ccccc3)n2)C1. The Morgan fingerprint density at radius 3 is 2.76 bits per heavy atom. The number of piperidine rings is 1. The van der Waals surface area contributed by atoms with Crippen LogP contribution < -0.4 is 0 Å². The second kappa shape index (κ2) is 9.63. The number of tetrazole rings is 1. The van der Waals surface area contributed by atoms with Gasteiger partial charge in [-0.3, -0.25) is 0 Å². The molecular formula is C19H29N5O. The van der Waals surface area contributed by atoms with Crippen molar-refractivity contribution in [3.8, 4) is 11.4 Å². The summed E-state index contributed by atoms with van der Waals surface area (Å²) in [6, 6.07) is 9.97. The van der Waals surface area contributed by atoms with Gasteiger partial charge in [0, 0.05) is 18.7 Å². The normalized spacial score (nSPS) is 18.5. The number of rotatable bonds is 9. The van der Waals surface area contributed by atoms with Gasteiger partial charge in [-0.05, 0) is 56.3 Å². The van der Waals surface area contributed by atoms with Crippen LogP contribution in [0.4, 0.5) is 0 Å². The third kappa shape index (κ3) is 5.61. The molecule has 1 aliphatic rings. The van der Waals surface area contributed by atoms with Crippen molar-refractivity contribution in [1.82, 2.24) is 25.1 Å². The van der Waals surface area contributed by atoms with E-state index in [0.717, 1.165) is 31.5 Å². The highest BCUT2D eigenvalue weighted by molar-refractivity contribution is 5.52. The average molecular weight is 343 g/mol. The first-order valence-corrected chi connectivity index (χ1v) is 9.51. The molecule has 1 N–H and O–H groups in total. The van der Waals surface area contributed by atoms with Crippen LogP contribution in [0.2, 0.25) is 0 Å². The molecule has 6 nitrogen and oxygen atoms in total. The number of nitrogens with zero attached hydrogens (tertiary/aromatic N) is 5. The number of aromatic nitrogens is 4. The van der Waals surface area contributed by atoms with Crippen molar-refractivity contribution in [3.05, 3.63) is 30.3 Å². The van der Waals surface area contributed by atoms with Gasteiger partial charge < -0.3 is 10.0 Å². The number of aryl methyl sites for hydroxylation is 1. The first-order valence-electron chi connectivity index (χ1n) is 9.51. The predicted octanol–water partition coefficient (Wildman–Crippen LogP) is 2.60. The fourth-order valence-corrected chi connectivity index (χ4v) is 3.58. The van der Waals surface area contributed by atoms with Crippen molar-refractivity contribution in [2.45, 2.75) is 45.1 Å². The van der Waals surface area contributed by atoms with Crippen molar-refractivity contribution in [2.24, 2.45) is 5.92 Å². The molecule has 3 rings (SSSR count). The van der Waals surface area contributed by atoms with Crippen LogP contribution in [-0.4, -0.2) is 56.5 Å².